The van der Waals surface area contributed by atoms with Crippen LogP contribution in [0.4, 0.5) is 11.4 Å². The van der Waals surface area contributed by atoms with Crippen LogP contribution in [0.2, 0.25) is 0 Å². The second-order valence-electron chi connectivity index (χ2n) is 4.58. The van der Waals surface area contributed by atoms with Gasteiger partial charge in [-0.25, -0.2) is 0 Å². The third kappa shape index (κ3) is 2.77. The number of hydrogen-bond acceptors (Lipinski definition) is 3. The molecule has 2 rings (SSSR count). The highest BCUT2D eigenvalue weighted by atomic mass is 16.5. The van der Waals surface area contributed by atoms with Crippen molar-refractivity contribution in [2.75, 3.05) is 11.1 Å². The third-order valence-corrected chi connectivity index (χ3v) is 3.03. The topological polar surface area (TPSA) is 64.3 Å². The summed E-state index contributed by atoms with van der Waals surface area (Å²) in [6.07, 6.45) is 1.60. The number of anilines is 2. The molecule has 4 heteroatoms. The van der Waals surface area contributed by atoms with Crippen LogP contribution >= 0.6 is 0 Å². The van der Waals surface area contributed by atoms with Gasteiger partial charge in [0.1, 0.15) is 6.10 Å². The maximum Gasteiger partial charge on any atom is 0.253 e. The van der Waals surface area contributed by atoms with Crippen molar-refractivity contribution in [1.29, 1.82) is 0 Å². The van der Waals surface area contributed by atoms with E-state index in [2.05, 4.69) is 5.32 Å². The van der Waals surface area contributed by atoms with Gasteiger partial charge in [0.25, 0.3) is 5.91 Å². The minimum atomic E-state index is -0.318. The monoisotopic (exact) mass is 234 g/mol. The predicted octanol–water partition coefficient (Wildman–Crippen LogP) is 2.08. The van der Waals surface area contributed by atoms with Gasteiger partial charge in [-0.15, -0.1) is 0 Å². The Morgan fingerprint density at radius 1 is 1.47 bits per heavy atom. The molecule has 1 amide bonds. The van der Waals surface area contributed by atoms with E-state index in [0.29, 0.717) is 5.69 Å². The molecular weight excluding hydrogens is 216 g/mol. The lowest BCUT2D eigenvalue weighted by Crippen LogP contribution is -2.28. The molecule has 0 radical (unpaired) electrons. The molecular formula is C13H18N2O2. The fraction of sp³-hybridized carbons (Fsp3) is 0.462. The molecule has 4 nitrogen and oxygen atoms in total. The molecule has 0 saturated carbocycles. The van der Waals surface area contributed by atoms with Crippen molar-refractivity contribution in [3.05, 3.63) is 23.8 Å². The minimum Gasteiger partial charge on any atom is -0.399 e. The Bertz CT molecular complexity index is 431. The van der Waals surface area contributed by atoms with Crippen molar-refractivity contribution in [2.45, 2.75) is 38.9 Å². The molecule has 1 aromatic carbocycles. The maximum atomic E-state index is 11.9. The van der Waals surface area contributed by atoms with Crippen LogP contribution in [0.5, 0.6) is 0 Å². The van der Waals surface area contributed by atoms with Gasteiger partial charge in [0.2, 0.25) is 0 Å². The van der Waals surface area contributed by atoms with Crippen LogP contribution in [-0.2, 0) is 9.53 Å². The Morgan fingerprint density at radius 2 is 2.24 bits per heavy atom. The zero-order valence-electron chi connectivity index (χ0n) is 10.2. The number of nitrogens with one attached hydrogen (secondary N) is 1. The first-order chi connectivity index (χ1) is 8.06. The molecule has 1 saturated heterocycles. The molecule has 1 fully saturated rings. The fourth-order valence-electron chi connectivity index (χ4n) is 2.04. The second-order valence-corrected chi connectivity index (χ2v) is 4.58. The minimum absolute atomic E-state index is 0.0674. The highest BCUT2D eigenvalue weighted by Crippen LogP contribution is 2.22. The summed E-state index contributed by atoms with van der Waals surface area (Å²) in [7, 11) is 0. The number of rotatable bonds is 2. The van der Waals surface area contributed by atoms with Gasteiger partial charge in [-0.3, -0.25) is 4.79 Å². The molecule has 0 bridgehead atoms. The molecule has 1 aromatic rings. The van der Waals surface area contributed by atoms with E-state index in [9.17, 15) is 4.79 Å². The molecule has 2 unspecified atom stereocenters. The van der Waals surface area contributed by atoms with Crippen LogP contribution in [0.1, 0.15) is 25.3 Å². The highest BCUT2D eigenvalue weighted by Gasteiger charge is 2.28. The SMILES string of the molecule is Cc1cc(N)ccc1NC(=O)C1CCC(C)O1. The molecule has 1 aliphatic rings. The van der Waals surface area contributed by atoms with Crippen molar-refractivity contribution >= 4 is 17.3 Å². The number of hydrogen-bond donors (Lipinski definition) is 2. The molecule has 0 spiro atoms. The third-order valence-electron chi connectivity index (χ3n) is 3.03. The van der Waals surface area contributed by atoms with Crippen LogP contribution < -0.4 is 11.1 Å². The van der Waals surface area contributed by atoms with E-state index >= 15 is 0 Å². The summed E-state index contributed by atoms with van der Waals surface area (Å²) in [5.41, 5.74) is 8.12. The van der Waals surface area contributed by atoms with Gasteiger partial charge in [0.05, 0.1) is 6.10 Å². The number of aryl methyl sites for hydroxylation is 1. The molecule has 0 aliphatic carbocycles. The molecule has 2 atom stereocenters. The summed E-state index contributed by atoms with van der Waals surface area (Å²) in [5, 5.41) is 2.88. The number of carbonyl (C=O) groups is 1. The summed E-state index contributed by atoms with van der Waals surface area (Å²) >= 11 is 0. The van der Waals surface area contributed by atoms with Gasteiger partial charge in [0, 0.05) is 11.4 Å². The molecule has 92 valence electrons. The summed E-state index contributed by atoms with van der Waals surface area (Å²) < 4.78 is 5.52. The van der Waals surface area contributed by atoms with E-state index in [1.54, 1.807) is 6.07 Å². The van der Waals surface area contributed by atoms with Crippen LogP contribution in [0, 0.1) is 6.92 Å². The number of ether oxygens (including phenoxy) is 1. The normalized spacial score (nSPS) is 23.6. The lowest BCUT2D eigenvalue weighted by molar-refractivity contribution is -0.126. The van der Waals surface area contributed by atoms with E-state index in [-0.39, 0.29) is 18.1 Å². The van der Waals surface area contributed by atoms with Crippen molar-refractivity contribution in [2.24, 2.45) is 0 Å². The number of nitrogens with two attached hydrogens (primary N) is 1. The average molecular weight is 234 g/mol. The van der Waals surface area contributed by atoms with Crippen molar-refractivity contribution in [3.63, 3.8) is 0 Å². The molecule has 1 aliphatic heterocycles. The molecule has 17 heavy (non-hydrogen) atoms. The number of amides is 1. The first-order valence-electron chi connectivity index (χ1n) is 5.88. The molecule has 1 heterocycles. The second kappa shape index (κ2) is 4.75. The Balaban J connectivity index is 2.03. The summed E-state index contributed by atoms with van der Waals surface area (Å²) in [4.78, 5) is 11.9. The van der Waals surface area contributed by atoms with Crippen molar-refractivity contribution < 1.29 is 9.53 Å². The first kappa shape index (κ1) is 11.9. The highest BCUT2D eigenvalue weighted by molar-refractivity contribution is 5.95. The largest absolute Gasteiger partial charge is 0.399 e. The summed E-state index contributed by atoms with van der Waals surface area (Å²) in [6, 6.07) is 5.44. The van der Waals surface area contributed by atoms with Gasteiger partial charge in [-0.1, -0.05) is 0 Å². The lowest BCUT2D eigenvalue weighted by atomic mass is 10.1. The summed E-state index contributed by atoms with van der Waals surface area (Å²) in [6.45, 7) is 3.91. The molecule has 0 aromatic heterocycles. The van der Waals surface area contributed by atoms with Crippen molar-refractivity contribution in [1.82, 2.24) is 0 Å². The number of benzene rings is 1. The van der Waals surface area contributed by atoms with Crippen molar-refractivity contribution in [3.8, 4) is 0 Å². The Labute approximate surface area is 101 Å². The smallest absolute Gasteiger partial charge is 0.253 e. The van der Waals surface area contributed by atoms with E-state index < -0.39 is 0 Å². The Kier molecular flexibility index (Phi) is 3.33. The van der Waals surface area contributed by atoms with Crippen LogP contribution in [0.3, 0.4) is 0 Å². The lowest BCUT2D eigenvalue weighted by Gasteiger charge is -2.13. The zero-order valence-corrected chi connectivity index (χ0v) is 10.2. The van der Waals surface area contributed by atoms with Gasteiger partial charge < -0.3 is 15.8 Å². The quantitative estimate of drug-likeness (QED) is 0.770. The standard InChI is InChI=1S/C13H18N2O2/c1-8-7-10(14)4-5-11(8)15-13(16)12-6-3-9(2)17-12/h4-5,7,9,12H,3,6,14H2,1-2H3,(H,15,16). The first-order valence-corrected chi connectivity index (χ1v) is 5.88. The number of carbonyl (C=O) groups excluding carboxylic acids is 1. The summed E-state index contributed by atoms with van der Waals surface area (Å²) in [5.74, 6) is -0.0674. The Hall–Kier alpha value is -1.55. The molecule has 3 N–H and O–H groups in total. The van der Waals surface area contributed by atoms with E-state index in [4.69, 9.17) is 10.5 Å². The van der Waals surface area contributed by atoms with Gasteiger partial charge >= 0.3 is 0 Å². The fourth-order valence-corrected chi connectivity index (χ4v) is 2.04. The van der Waals surface area contributed by atoms with Crippen LogP contribution in [0.25, 0.3) is 0 Å². The van der Waals surface area contributed by atoms with E-state index in [0.717, 1.165) is 24.1 Å². The van der Waals surface area contributed by atoms with E-state index in [1.165, 1.54) is 0 Å². The van der Waals surface area contributed by atoms with Crippen LogP contribution in [-0.4, -0.2) is 18.1 Å². The Morgan fingerprint density at radius 3 is 2.82 bits per heavy atom. The zero-order chi connectivity index (χ0) is 12.4. The van der Waals surface area contributed by atoms with Gasteiger partial charge in [0.15, 0.2) is 0 Å². The van der Waals surface area contributed by atoms with Crippen LogP contribution in [0.15, 0.2) is 18.2 Å². The maximum absolute atomic E-state index is 11.9. The van der Waals surface area contributed by atoms with Gasteiger partial charge in [-0.05, 0) is 50.5 Å². The number of nitrogen functional groups attached to an aromatic ring is 1. The van der Waals surface area contributed by atoms with E-state index in [1.807, 2.05) is 26.0 Å². The average Bonchev–Trinajstić information content (AvgIpc) is 2.69. The predicted molar refractivity (Wildman–Crippen MR) is 67.8 cm³/mol. The van der Waals surface area contributed by atoms with Gasteiger partial charge in [-0.2, -0.15) is 0 Å².